The molecule has 0 amide bonds. The minimum Gasteiger partial charge on any atom is -0.389 e. The second-order valence-electron chi connectivity index (χ2n) is 5.60. The van der Waals surface area contributed by atoms with E-state index in [2.05, 4.69) is 5.16 Å². The molecule has 4 rings (SSSR count). The van der Waals surface area contributed by atoms with E-state index in [1.165, 1.54) is 12.1 Å². The van der Waals surface area contributed by atoms with Gasteiger partial charge in [0.1, 0.15) is 18.0 Å². The molecule has 3 aliphatic rings. The Kier molecular flexibility index (Phi) is 3.52. The quantitative estimate of drug-likeness (QED) is 0.800. The number of allylic oxidation sites excluding steroid dienone is 2. The van der Waals surface area contributed by atoms with Crippen LogP contribution in [0.1, 0.15) is 5.56 Å². The predicted molar refractivity (Wildman–Crippen MR) is 79.1 cm³/mol. The van der Waals surface area contributed by atoms with Crippen molar-refractivity contribution < 1.29 is 18.7 Å². The topological polar surface area (TPSA) is 40.0 Å². The molecule has 1 aromatic rings. The lowest BCUT2D eigenvalue weighted by atomic mass is 9.92. The summed E-state index contributed by atoms with van der Waals surface area (Å²) in [6.07, 6.45) is 7.58. The number of oxime groups is 1. The van der Waals surface area contributed by atoms with Crippen LogP contribution in [0.5, 0.6) is 0 Å². The van der Waals surface area contributed by atoms with E-state index < -0.39 is 0 Å². The number of hydrogen-bond donors (Lipinski definition) is 0. The first-order valence-electron chi connectivity index (χ1n) is 7.39. The van der Waals surface area contributed by atoms with Crippen LogP contribution in [-0.4, -0.2) is 37.2 Å². The fourth-order valence-corrected chi connectivity index (χ4v) is 2.95. The molecule has 114 valence electrons. The predicted octanol–water partition coefficient (Wildman–Crippen LogP) is 2.45. The summed E-state index contributed by atoms with van der Waals surface area (Å²) in [5.74, 6) is -0.273. The van der Waals surface area contributed by atoms with Crippen molar-refractivity contribution in [1.82, 2.24) is 0 Å². The molecule has 1 saturated heterocycles. The van der Waals surface area contributed by atoms with Crippen molar-refractivity contribution in [3.63, 3.8) is 0 Å². The molecule has 4 unspecified atom stereocenters. The van der Waals surface area contributed by atoms with Gasteiger partial charge < -0.3 is 14.3 Å². The lowest BCUT2D eigenvalue weighted by Crippen LogP contribution is -2.42. The molecule has 0 spiro atoms. The van der Waals surface area contributed by atoms with E-state index >= 15 is 0 Å². The van der Waals surface area contributed by atoms with Gasteiger partial charge in [-0.3, -0.25) is 0 Å². The normalized spacial score (nSPS) is 33.2. The van der Waals surface area contributed by atoms with Gasteiger partial charge in [-0.2, -0.15) is 0 Å². The molecule has 4 atom stereocenters. The van der Waals surface area contributed by atoms with Crippen LogP contribution in [0, 0.1) is 11.7 Å². The third-order valence-corrected chi connectivity index (χ3v) is 4.18. The van der Waals surface area contributed by atoms with Gasteiger partial charge in [0.05, 0.1) is 24.8 Å². The summed E-state index contributed by atoms with van der Waals surface area (Å²) in [6, 6.07) is 6.28. The summed E-state index contributed by atoms with van der Waals surface area (Å²) in [6.45, 7) is 0.963. The molecular formula is C17H16FNO3. The van der Waals surface area contributed by atoms with Gasteiger partial charge in [0.15, 0.2) is 6.10 Å². The third-order valence-electron chi connectivity index (χ3n) is 4.18. The van der Waals surface area contributed by atoms with Gasteiger partial charge in [-0.25, -0.2) is 4.39 Å². The maximum absolute atomic E-state index is 13.1. The molecule has 2 aliphatic heterocycles. The minimum absolute atomic E-state index is 0.00860. The van der Waals surface area contributed by atoms with Crippen LogP contribution < -0.4 is 0 Å². The lowest BCUT2D eigenvalue weighted by Gasteiger charge is -2.31. The molecule has 2 heterocycles. The second kappa shape index (κ2) is 5.66. The van der Waals surface area contributed by atoms with Gasteiger partial charge in [0, 0.05) is 5.56 Å². The van der Waals surface area contributed by atoms with E-state index in [1.807, 2.05) is 24.3 Å². The number of ether oxygens (including phenoxy) is 2. The smallest absolute Gasteiger partial charge is 0.161 e. The van der Waals surface area contributed by atoms with Gasteiger partial charge in [-0.15, -0.1) is 0 Å². The van der Waals surface area contributed by atoms with Crippen molar-refractivity contribution in [1.29, 1.82) is 0 Å². The van der Waals surface area contributed by atoms with Gasteiger partial charge in [-0.05, 0) is 12.1 Å². The van der Waals surface area contributed by atoms with E-state index in [-0.39, 0.29) is 30.0 Å². The van der Waals surface area contributed by atoms with Crippen LogP contribution in [0.3, 0.4) is 0 Å². The maximum atomic E-state index is 13.1. The molecule has 1 aliphatic carbocycles. The molecular weight excluding hydrogens is 285 g/mol. The number of halogens is 1. The first kappa shape index (κ1) is 13.7. The zero-order valence-electron chi connectivity index (χ0n) is 11.9. The van der Waals surface area contributed by atoms with Crippen LogP contribution in [-0.2, 0) is 14.3 Å². The molecule has 5 heteroatoms. The summed E-state index contributed by atoms with van der Waals surface area (Å²) in [7, 11) is 0. The van der Waals surface area contributed by atoms with Crippen molar-refractivity contribution >= 4 is 5.71 Å². The van der Waals surface area contributed by atoms with Crippen LogP contribution >= 0.6 is 0 Å². The maximum Gasteiger partial charge on any atom is 0.161 e. The molecule has 0 saturated carbocycles. The van der Waals surface area contributed by atoms with Gasteiger partial charge in [-0.1, -0.05) is 41.6 Å². The fraction of sp³-hybridized carbons (Fsp3) is 0.353. The summed E-state index contributed by atoms with van der Waals surface area (Å²) >= 11 is 0. The van der Waals surface area contributed by atoms with Crippen molar-refractivity contribution in [2.24, 2.45) is 11.1 Å². The monoisotopic (exact) mass is 301 g/mol. The zero-order valence-corrected chi connectivity index (χ0v) is 11.9. The summed E-state index contributed by atoms with van der Waals surface area (Å²) in [5, 5.41) is 4.18. The van der Waals surface area contributed by atoms with Crippen molar-refractivity contribution in [2.45, 2.75) is 18.3 Å². The highest BCUT2D eigenvalue weighted by Gasteiger charge is 2.39. The van der Waals surface area contributed by atoms with Crippen LogP contribution in [0.25, 0.3) is 0 Å². The Bertz CT molecular complexity index is 638. The molecule has 0 N–H and O–H groups in total. The Morgan fingerprint density at radius 2 is 1.64 bits per heavy atom. The number of fused-ring (bicyclic) bond motifs is 2. The average molecular weight is 301 g/mol. The highest BCUT2D eigenvalue weighted by Crippen LogP contribution is 2.28. The van der Waals surface area contributed by atoms with Crippen LogP contribution in [0.4, 0.5) is 4.39 Å². The first-order chi connectivity index (χ1) is 10.8. The first-order valence-corrected chi connectivity index (χ1v) is 7.39. The van der Waals surface area contributed by atoms with E-state index in [4.69, 9.17) is 14.3 Å². The van der Waals surface area contributed by atoms with E-state index in [0.29, 0.717) is 13.2 Å². The summed E-state index contributed by atoms with van der Waals surface area (Å²) < 4.78 is 24.9. The van der Waals surface area contributed by atoms with Crippen LogP contribution in [0.15, 0.2) is 53.7 Å². The van der Waals surface area contributed by atoms with E-state index in [0.717, 1.165) is 11.3 Å². The number of benzene rings is 1. The molecule has 0 aromatic heterocycles. The fourth-order valence-electron chi connectivity index (χ4n) is 2.95. The SMILES string of the molecule is Fc1ccc(C2=NOC3COC4C=CC=CC4OCC23)cc1. The van der Waals surface area contributed by atoms with Gasteiger partial charge in [0.25, 0.3) is 0 Å². The molecule has 4 nitrogen and oxygen atoms in total. The minimum atomic E-state index is -0.265. The summed E-state index contributed by atoms with van der Waals surface area (Å²) in [4.78, 5) is 5.52. The standard InChI is InChI=1S/C17H16FNO3/c18-12-7-5-11(6-8-12)17-13-9-20-14-3-1-2-4-15(14)21-10-16(13)22-19-17/h1-8,13-16H,9-10H2. The Hall–Kier alpha value is -1.98. The third kappa shape index (κ3) is 2.46. The van der Waals surface area contributed by atoms with E-state index in [1.54, 1.807) is 12.1 Å². The molecule has 22 heavy (non-hydrogen) atoms. The highest BCUT2D eigenvalue weighted by molar-refractivity contribution is 6.03. The van der Waals surface area contributed by atoms with Crippen molar-refractivity contribution in [2.75, 3.05) is 13.2 Å². The zero-order chi connectivity index (χ0) is 14.9. The Morgan fingerprint density at radius 3 is 2.36 bits per heavy atom. The average Bonchev–Trinajstić information content (AvgIpc) is 2.92. The Morgan fingerprint density at radius 1 is 0.955 bits per heavy atom. The van der Waals surface area contributed by atoms with Crippen molar-refractivity contribution in [3.8, 4) is 0 Å². The van der Waals surface area contributed by atoms with Crippen molar-refractivity contribution in [3.05, 3.63) is 60.0 Å². The number of rotatable bonds is 1. The Labute approximate surface area is 127 Å². The summed E-state index contributed by atoms with van der Waals surface area (Å²) in [5.41, 5.74) is 1.65. The lowest BCUT2D eigenvalue weighted by molar-refractivity contribution is -0.109. The van der Waals surface area contributed by atoms with E-state index in [9.17, 15) is 4.39 Å². The van der Waals surface area contributed by atoms with Gasteiger partial charge >= 0.3 is 0 Å². The molecule has 0 bridgehead atoms. The number of hydrogen-bond acceptors (Lipinski definition) is 4. The second-order valence-corrected chi connectivity index (χ2v) is 5.60. The molecule has 1 aromatic carbocycles. The molecule has 0 radical (unpaired) electrons. The number of nitrogens with zero attached hydrogens (tertiary/aromatic N) is 1. The molecule has 1 fully saturated rings. The Balaban J connectivity index is 1.54. The van der Waals surface area contributed by atoms with Crippen LogP contribution in [0.2, 0.25) is 0 Å². The highest BCUT2D eigenvalue weighted by atomic mass is 19.1. The van der Waals surface area contributed by atoms with Gasteiger partial charge in [0.2, 0.25) is 0 Å². The largest absolute Gasteiger partial charge is 0.389 e.